The van der Waals surface area contributed by atoms with Crippen LogP contribution in [0.15, 0.2) is 27.4 Å². The molecule has 2 N–H and O–H groups in total. The Labute approximate surface area is 99.0 Å². The van der Waals surface area contributed by atoms with E-state index in [0.717, 1.165) is 30.9 Å². The summed E-state index contributed by atoms with van der Waals surface area (Å²) in [5.74, 6) is -0.382. The smallest absolute Gasteiger partial charge is 0.408 e. The van der Waals surface area contributed by atoms with Gasteiger partial charge < -0.3 is 9.73 Å². The average Bonchev–Trinajstić information content (AvgIpc) is 3.05. The van der Waals surface area contributed by atoms with Gasteiger partial charge in [-0.15, -0.1) is 0 Å². The molecule has 1 aliphatic rings. The molecule has 0 unspecified atom stereocenters. The lowest BCUT2D eigenvalue weighted by Gasteiger charge is -2.02. The molecule has 4 nitrogen and oxygen atoms in total. The topological polar surface area (TPSA) is 58.0 Å². The van der Waals surface area contributed by atoms with Crippen molar-refractivity contribution < 1.29 is 4.42 Å². The van der Waals surface area contributed by atoms with Crippen LogP contribution in [0.1, 0.15) is 24.8 Å². The zero-order valence-electron chi connectivity index (χ0n) is 9.66. The summed E-state index contributed by atoms with van der Waals surface area (Å²) in [6, 6.07) is 6.66. The van der Waals surface area contributed by atoms with Crippen LogP contribution >= 0.6 is 0 Å². The zero-order chi connectivity index (χ0) is 11.7. The number of oxazole rings is 1. The van der Waals surface area contributed by atoms with Crippen LogP contribution in [0.5, 0.6) is 0 Å². The third-order valence-electron chi connectivity index (χ3n) is 3.14. The van der Waals surface area contributed by atoms with E-state index in [1.54, 1.807) is 0 Å². The van der Waals surface area contributed by atoms with Crippen LogP contribution in [-0.4, -0.2) is 17.6 Å². The van der Waals surface area contributed by atoms with Crippen LogP contribution in [0.4, 0.5) is 0 Å². The SMILES string of the molecule is O=c1[nH]c2cc(CCCNC3CC3)ccc2o1. The fourth-order valence-corrected chi connectivity index (χ4v) is 2.04. The second-order valence-corrected chi connectivity index (χ2v) is 4.68. The molecule has 0 spiro atoms. The zero-order valence-corrected chi connectivity index (χ0v) is 9.66. The lowest BCUT2D eigenvalue weighted by Crippen LogP contribution is -2.17. The van der Waals surface area contributed by atoms with E-state index in [9.17, 15) is 4.79 Å². The second kappa shape index (κ2) is 4.37. The van der Waals surface area contributed by atoms with E-state index in [4.69, 9.17) is 4.42 Å². The summed E-state index contributed by atoms with van der Waals surface area (Å²) in [5.41, 5.74) is 2.67. The molecule has 1 fully saturated rings. The molecule has 4 heteroatoms. The molecule has 1 saturated carbocycles. The minimum Gasteiger partial charge on any atom is -0.408 e. The van der Waals surface area contributed by atoms with Crippen molar-refractivity contribution in [3.05, 3.63) is 34.3 Å². The minimum atomic E-state index is -0.382. The van der Waals surface area contributed by atoms with E-state index in [-0.39, 0.29) is 5.76 Å². The van der Waals surface area contributed by atoms with Crippen molar-refractivity contribution in [2.75, 3.05) is 6.54 Å². The maximum Gasteiger partial charge on any atom is 0.417 e. The summed E-state index contributed by atoms with van der Waals surface area (Å²) in [6.07, 6.45) is 4.83. The molecule has 0 atom stereocenters. The van der Waals surface area contributed by atoms with Crippen molar-refractivity contribution in [1.29, 1.82) is 0 Å². The number of aromatic amines is 1. The summed E-state index contributed by atoms with van der Waals surface area (Å²) < 4.78 is 4.96. The average molecular weight is 232 g/mol. The van der Waals surface area contributed by atoms with Gasteiger partial charge in [0, 0.05) is 6.04 Å². The third-order valence-corrected chi connectivity index (χ3v) is 3.14. The largest absolute Gasteiger partial charge is 0.417 e. The molecule has 90 valence electrons. The van der Waals surface area contributed by atoms with Crippen molar-refractivity contribution in [2.24, 2.45) is 0 Å². The molecule has 0 saturated heterocycles. The normalized spacial score (nSPS) is 15.5. The second-order valence-electron chi connectivity index (χ2n) is 4.68. The Morgan fingerprint density at radius 3 is 3.12 bits per heavy atom. The molecule has 0 aliphatic heterocycles. The number of aryl methyl sites for hydroxylation is 1. The Balaban J connectivity index is 1.61. The number of rotatable bonds is 5. The first-order valence-corrected chi connectivity index (χ1v) is 6.16. The first-order valence-electron chi connectivity index (χ1n) is 6.16. The standard InChI is InChI=1S/C13H16N2O2/c16-13-15-11-8-9(3-6-12(11)17-13)2-1-7-14-10-4-5-10/h3,6,8,10,14H,1-2,4-5,7H2,(H,15,16). The van der Waals surface area contributed by atoms with Crippen LogP contribution in [0.25, 0.3) is 11.1 Å². The van der Waals surface area contributed by atoms with Gasteiger partial charge in [0.05, 0.1) is 5.52 Å². The van der Waals surface area contributed by atoms with Gasteiger partial charge in [-0.3, -0.25) is 4.98 Å². The van der Waals surface area contributed by atoms with Crippen molar-refractivity contribution in [2.45, 2.75) is 31.7 Å². The summed E-state index contributed by atoms with van der Waals surface area (Å²) in [7, 11) is 0. The minimum absolute atomic E-state index is 0.382. The van der Waals surface area contributed by atoms with Crippen molar-refractivity contribution in [3.63, 3.8) is 0 Å². The molecule has 0 bridgehead atoms. The fourth-order valence-electron chi connectivity index (χ4n) is 2.04. The highest BCUT2D eigenvalue weighted by Crippen LogP contribution is 2.18. The molecule has 3 rings (SSSR count). The van der Waals surface area contributed by atoms with Gasteiger partial charge in [-0.1, -0.05) is 6.07 Å². The van der Waals surface area contributed by atoms with Crippen molar-refractivity contribution in [1.82, 2.24) is 10.3 Å². The van der Waals surface area contributed by atoms with Crippen molar-refractivity contribution in [3.8, 4) is 0 Å². The number of H-pyrrole nitrogens is 1. The Kier molecular flexibility index (Phi) is 2.73. The number of nitrogens with one attached hydrogen (secondary N) is 2. The predicted octanol–water partition coefficient (Wildman–Crippen LogP) is 1.81. The van der Waals surface area contributed by atoms with Gasteiger partial charge in [-0.25, -0.2) is 4.79 Å². The van der Waals surface area contributed by atoms with Gasteiger partial charge in [0.25, 0.3) is 0 Å². The molecule has 1 heterocycles. The summed E-state index contributed by atoms with van der Waals surface area (Å²) in [5, 5.41) is 3.49. The van der Waals surface area contributed by atoms with Gasteiger partial charge in [-0.05, 0) is 49.9 Å². The van der Waals surface area contributed by atoms with Crippen LogP contribution in [-0.2, 0) is 6.42 Å². The highest BCUT2D eigenvalue weighted by molar-refractivity contribution is 5.72. The van der Waals surface area contributed by atoms with Gasteiger partial charge in [-0.2, -0.15) is 0 Å². The fraction of sp³-hybridized carbons (Fsp3) is 0.462. The Hall–Kier alpha value is -1.55. The quantitative estimate of drug-likeness (QED) is 0.773. The molecule has 1 aromatic carbocycles. The van der Waals surface area contributed by atoms with Gasteiger partial charge >= 0.3 is 5.76 Å². The Bertz CT molecular complexity index is 566. The molecule has 1 aromatic heterocycles. The predicted molar refractivity (Wildman–Crippen MR) is 66.2 cm³/mol. The van der Waals surface area contributed by atoms with E-state index in [0.29, 0.717) is 5.58 Å². The molecule has 17 heavy (non-hydrogen) atoms. The Morgan fingerprint density at radius 1 is 1.41 bits per heavy atom. The van der Waals surface area contributed by atoms with E-state index in [1.165, 1.54) is 18.4 Å². The summed E-state index contributed by atoms with van der Waals surface area (Å²) >= 11 is 0. The highest BCUT2D eigenvalue weighted by Gasteiger charge is 2.19. The highest BCUT2D eigenvalue weighted by atomic mass is 16.4. The Morgan fingerprint density at radius 2 is 2.29 bits per heavy atom. The number of benzene rings is 1. The first kappa shape index (κ1) is 10.6. The lowest BCUT2D eigenvalue weighted by molar-refractivity contribution is 0.555. The maximum atomic E-state index is 11.0. The van der Waals surface area contributed by atoms with Crippen LogP contribution < -0.4 is 11.1 Å². The van der Waals surface area contributed by atoms with Gasteiger partial charge in [0.1, 0.15) is 0 Å². The molecule has 1 aliphatic carbocycles. The molecule has 2 aromatic rings. The number of hydrogen-bond acceptors (Lipinski definition) is 3. The van der Waals surface area contributed by atoms with Crippen LogP contribution in [0.3, 0.4) is 0 Å². The monoisotopic (exact) mass is 232 g/mol. The number of fused-ring (bicyclic) bond motifs is 1. The van der Waals surface area contributed by atoms with Crippen molar-refractivity contribution >= 4 is 11.1 Å². The summed E-state index contributed by atoms with van der Waals surface area (Å²) in [4.78, 5) is 13.7. The molecule has 0 radical (unpaired) electrons. The van der Waals surface area contributed by atoms with Gasteiger partial charge in [0.2, 0.25) is 0 Å². The molecular weight excluding hydrogens is 216 g/mol. The van der Waals surface area contributed by atoms with E-state index >= 15 is 0 Å². The molecular formula is C13H16N2O2. The lowest BCUT2D eigenvalue weighted by atomic mass is 10.1. The third kappa shape index (κ3) is 2.58. The summed E-state index contributed by atoms with van der Waals surface area (Å²) in [6.45, 7) is 1.07. The van der Waals surface area contributed by atoms with E-state index < -0.39 is 0 Å². The van der Waals surface area contributed by atoms with Crippen LogP contribution in [0.2, 0.25) is 0 Å². The number of hydrogen-bond donors (Lipinski definition) is 2. The maximum absolute atomic E-state index is 11.0. The molecule has 0 amide bonds. The van der Waals surface area contributed by atoms with Gasteiger partial charge in [0.15, 0.2) is 5.58 Å². The van der Waals surface area contributed by atoms with Crippen LogP contribution in [0, 0.1) is 0 Å². The van der Waals surface area contributed by atoms with E-state index in [2.05, 4.69) is 10.3 Å². The van der Waals surface area contributed by atoms with E-state index in [1.807, 2.05) is 18.2 Å². The number of aromatic nitrogens is 1. The first-order chi connectivity index (χ1) is 8.31.